The van der Waals surface area contributed by atoms with E-state index in [0.29, 0.717) is 17.8 Å². The number of aromatic amines is 1. The highest BCUT2D eigenvalue weighted by Crippen LogP contribution is 2.41. The largest absolute Gasteiger partial charge is 0.493 e. The van der Waals surface area contributed by atoms with E-state index in [-0.39, 0.29) is 30.1 Å². The van der Waals surface area contributed by atoms with Crippen molar-refractivity contribution in [3.05, 3.63) is 65.3 Å². The quantitative estimate of drug-likeness (QED) is 0.288. The van der Waals surface area contributed by atoms with E-state index in [2.05, 4.69) is 24.8 Å². The van der Waals surface area contributed by atoms with Gasteiger partial charge in [-0.2, -0.15) is 18.7 Å². The molecule has 1 unspecified atom stereocenters. The van der Waals surface area contributed by atoms with Crippen molar-refractivity contribution in [2.24, 2.45) is 4.99 Å². The molecule has 36 heavy (non-hydrogen) atoms. The number of hydroxylamine groups is 1. The van der Waals surface area contributed by atoms with Crippen molar-refractivity contribution >= 4 is 39.2 Å². The van der Waals surface area contributed by atoms with Crippen LogP contribution in [0.3, 0.4) is 0 Å². The first kappa shape index (κ1) is 23.7. The number of nitrogens with one attached hydrogen (secondary N) is 2. The number of aliphatic imine (C=N–C) groups is 1. The molecule has 2 aromatic carbocycles. The zero-order valence-electron chi connectivity index (χ0n) is 18.6. The monoisotopic (exact) mass is 518 g/mol. The number of thiazole rings is 1. The molecule has 13 heteroatoms. The number of carbonyl (C=O) groups is 1. The summed E-state index contributed by atoms with van der Waals surface area (Å²) >= 11 is 1.48. The minimum Gasteiger partial charge on any atom is -0.340 e. The number of hydrogen-bond donors (Lipinski definition) is 2. The van der Waals surface area contributed by atoms with Crippen LogP contribution in [0.25, 0.3) is 21.3 Å². The molecule has 2 aromatic heterocycles. The van der Waals surface area contributed by atoms with E-state index in [0.717, 1.165) is 21.3 Å². The number of aromatic nitrogens is 3. The minimum absolute atomic E-state index is 0.0138. The van der Waals surface area contributed by atoms with Crippen molar-refractivity contribution in [2.45, 2.75) is 25.6 Å². The maximum Gasteiger partial charge on any atom is 0.493 e. The lowest BCUT2D eigenvalue weighted by molar-refractivity contribution is -0.203. The van der Waals surface area contributed by atoms with Crippen LogP contribution in [0.15, 0.2) is 53.2 Å². The maximum absolute atomic E-state index is 14.2. The molecule has 1 aliphatic rings. The predicted octanol–water partition coefficient (Wildman–Crippen LogP) is 5.11. The van der Waals surface area contributed by atoms with Crippen LogP contribution in [0.1, 0.15) is 30.6 Å². The number of fused-ring (bicyclic) bond motifs is 2. The molecule has 0 saturated carbocycles. The van der Waals surface area contributed by atoms with Crippen molar-refractivity contribution in [1.29, 1.82) is 0 Å². The Hall–Kier alpha value is -4.00. The van der Waals surface area contributed by atoms with Gasteiger partial charge in [0.15, 0.2) is 11.7 Å². The average Bonchev–Trinajstić information content (AvgIpc) is 3.53. The first-order valence-electron chi connectivity index (χ1n) is 10.8. The van der Waals surface area contributed by atoms with Crippen LogP contribution in [0.4, 0.5) is 23.4 Å². The number of halogens is 4. The topological polar surface area (TPSA) is 95.5 Å². The van der Waals surface area contributed by atoms with Gasteiger partial charge in [0.05, 0.1) is 28.1 Å². The molecule has 1 aliphatic heterocycles. The van der Waals surface area contributed by atoms with E-state index in [9.17, 15) is 22.4 Å². The summed E-state index contributed by atoms with van der Waals surface area (Å²) in [4.78, 5) is 33.1. The summed E-state index contributed by atoms with van der Waals surface area (Å²) in [7, 11) is 0. The molecule has 5 rings (SSSR count). The molecule has 0 radical (unpaired) electrons. The highest BCUT2D eigenvalue weighted by atomic mass is 32.1. The molecule has 0 saturated heterocycles. The van der Waals surface area contributed by atoms with E-state index < -0.39 is 12.1 Å². The Labute approximate surface area is 205 Å². The number of imidazole rings is 1. The van der Waals surface area contributed by atoms with Crippen molar-refractivity contribution in [3.8, 4) is 11.1 Å². The lowest BCUT2D eigenvalue weighted by Gasteiger charge is -2.34. The number of anilines is 1. The Morgan fingerprint density at radius 1 is 1.28 bits per heavy atom. The summed E-state index contributed by atoms with van der Waals surface area (Å²) < 4.78 is 52.7. The van der Waals surface area contributed by atoms with Crippen molar-refractivity contribution < 1.29 is 27.2 Å². The third-order valence-electron chi connectivity index (χ3n) is 5.75. The summed E-state index contributed by atoms with van der Waals surface area (Å²) in [5.41, 5.74) is 7.04. The highest BCUT2D eigenvalue weighted by molar-refractivity contribution is 7.16. The Morgan fingerprint density at radius 3 is 2.86 bits per heavy atom. The van der Waals surface area contributed by atoms with Gasteiger partial charge in [-0.25, -0.2) is 24.1 Å². The van der Waals surface area contributed by atoms with Crippen LogP contribution in [0.5, 0.6) is 0 Å². The zero-order valence-corrected chi connectivity index (χ0v) is 19.5. The van der Waals surface area contributed by atoms with Crippen LogP contribution in [0.2, 0.25) is 0 Å². The van der Waals surface area contributed by atoms with Gasteiger partial charge in [-0.05, 0) is 35.7 Å². The van der Waals surface area contributed by atoms with Crippen LogP contribution >= 0.6 is 11.3 Å². The molecular formula is C23H18F4N6O2S. The Bertz CT molecular complexity index is 1460. The third kappa shape index (κ3) is 4.26. The van der Waals surface area contributed by atoms with Crippen molar-refractivity contribution in [1.82, 2.24) is 20.4 Å². The predicted molar refractivity (Wildman–Crippen MR) is 126 cm³/mol. The van der Waals surface area contributed by atoms with Gasteiger partial charge in [0, 0.05) is 5.56 Å². The summed E-state index contributed by atoms with van der Waals surface area (Å²) in [6.45, 7) is 1.99. The molecule has 186 valence electrons. The number of H-pyrrole nitrogens is 1. The Morgan fingerprint density at radius 2 is 2.11 bits per heavy atom. The summed E-state index contributed by atoms with van der Waals surface area (Å²) in [6.07, 6.45) is -3.18. The molecule has 2 N–H and O–H groups in total. The van der Waals surface area contributed by atoms with E-state index >= 15 is 0 Å². The van der Waals surface area contributed by atoms with Gasteiger partial charge >= 0.3 is 12.1 Å². The molecule has 0 spiro atoms. The molecule has 4 aromatic rings. The first-order chi connectivity index (χ1) is 17.3. The number of hydrogen-bond acceptors (Lipinski definition) is 8. The summed E-state index contributed by atoms with van der Waals surface area (Å²) in [5, 5.41) is 0. The molecule has 1 atom stereocenters. The Kier molecular flexibility index (Phi) is 6.08. The normalized spacial score (nSPS) is 14.4. The van der Waals surface area contributed by atoms with Gasteiger partial charge in [0.1, 0.15) is 18.2 Å². The van der Waals surface area contributed by atoms with Gasteiger partial charge in [-0.3, -0.25) is 0 Å². The fourth-order valence-corrected chi connectivity index (χ4v) is 4.92. The van der Waals surface area contributed by atoms with Crippen LogP contribution in [-0.2, 0) is 9.63 Å². The number of amidine groups is 1. The van der Waals surface area contributed by atoms with Crippen LogP contribution in [-0.4, -0.2) is 39.6 Å². The molecule has 3 heterocycles. The van der Waals surface area contributed by atoms with Gasteiger partial charge in [0.25, 0.3) is 0 Å². The summed E-state index contributed by atoms with van der Waals surface area (Å²) in [6, 6.07) is 9.91. The second kappa shape index (κ2) is 9.22. The standard InChI is InChI=1S/C23H18F4N6O2S/c1-2-15(14-6-7-16-18(31-11-36-16)17(14)12-4-3-5-13(24)8-12)33-10-30-20(19-21(33)29-9-28-19)32-35-22(34)23(25,26)27/h3-9,11,15H,2,10H2,1H3,(H,28,29)(H,30,32). The summed E-state index contributed by atoms with van der Waals surface area (Å²) in [5.74, 6) is -2.45. The smallest absolute Gasteiger partial charge is 0.340 e. The molecule has 0 fully saturated rings. The molecule has 8 nitrogen and oxygen atoms in total. The fourth-order valence-electron chi connectivity index (χ4n) is 4.23. The molecule has 0 amide bonds. The van der Waals surface area contributed by atoms with Gasteiger partial charge < -0.3 is 14.7 Å². The number of rotatable bonds is 4. The number of nitrogens with zero attached hydrogens (tertiary/aromatic N) is 4. The van der Waals surface area contributed by atoms with Gasteiger partial charge in [-0.15, -0.1) is 11.3 Å². The Balaban J connectivity index is 1.53. The average molecular weight is 518 g/mol. The molecule has 0 bridgehead atoms. The van der Waals surface area contributed by atoms with E-state index in [1.807, 2.05) is 35.5 Å². The van der Waals surface area contributed by atoms with E-state index in [1.165, 1.54) is 29.8 Å². The molecular weight excluding hydrogens is 500 g/mol. The minimum atomic E-state index is -5.15. The van der Waals surface area contributed by atoms with Crippen LogP contribution < -0.4 is 10.4 Å². The lowest BCUT2D eigenvalue weighted by Crippen LogP contribution is -2.40. The number of alkyl halides is 3. The van der Waals surface area contributed by atoms with Crippen molar-refractivity contribution in [2.75, 3.05) is 11.6 Å². The fraction of sp³-hybridized carbons (Fsp3) is 0.217. The van der Waals surface area contributed by atoms with Crippen molar-refractivity contribution in [3.63, 3.8) is 0 Å². The van der Waals surface area contributed by atoms with E-state index in [4.69, 9.17) is 0 Å². The third-order valence-corrected chi connectivity index (χ3v) is 6.55. The lowest BCUT2D eigenvalue weighted by atomic mass is 9.91. The maximum atomic E-state index is 14.2. The van der Waals surface area contributed by atoms with Gasteiger partial charge in [0.2, 0.25) is 0 Å². The van der Waals surface area contributed by atoms with Gasteiger partial charge in [-0.1, -0.05) is 25.1 Å². The highest BCUT2D eigenvalue weighted by Gasteiger charge is 2.42. The second-order valence-corrected chi connectivity index (χ2v) is 8.76. The number of benzene rings is 2. The number of carbonyl (C=O) groups excluding carboxylic acids is 1. The molecule has 0 aliphatic carbocycles. The van der Waals surface area contributed by atoms with Crippen LogP contribution in [0, 0.1) is 5.82 Å². The SMILES string of the molecule is CCC(c1ccc2scnc2c1-c1cccc(F)c1)N1CN=C(NOC(=O)C(F)(F)F)c2[nH]cnc21. The second-order valence-electron chi connectivity index (χ2n) is 7.87. The first-order valence-corrected chi connectivity index (χ1v) is 11.7. The van der Waals surface area contributed by atoms with E-state index in [1.54, 1.807) is 11.6 Å². The zero-order chi connectivity index (χ0) is 25.4.